The molecule has 1 rings (SSSR count). The molecule has 0 aliphatic carbocycles. The summed E-state index contributed by atoms with van der Waals surface area (Å²) in [6.45, 7) is 4.67. The van der Waals surface area contributed by atoms with E-state index < -0.39 is 23.0 Å². The quantitative estimate of drug-likeness (QED) is 0.671. The molecule has 1 unspecified atom stereocenters. The second-order valence-electron chi connectivity index (χ2n) is 5.51. The fraction of sp³-hybridized carbons (Fsp3) is 0.467. The number of methoxy groups -OCH3 is 1. The van der Waals surface area contributed by atoms with Crippen LogP contribution in [0.2, 0.25) is 0 Å². The molecule has 5 heteroatoms. The van der Waals surface area contributed by atoms with E-state index in [2.05, 4.69) is 4.74 Å². The van der Waals surface area contributed by atoms with Crippen molar-refractivity contribution in [2.75, 3.05) is 7.11 Å². The van der Waals surface area contributed by atoms with E-state index in [1.165, 1.54) is 0 Å². The van der Waals surface area contributed by atoms with Crippen LogP contribution in [0.15, 0.2) is 30.3 Å². The summed E-state index contributed by atoms with van der Waals surface area (Å²) >= 11 is 0. The maximum Gasteiger partial charge on any atom is 0.350 e. The molecule has 0 fully saturated rings. The van der Waals surface area contributed by atoms with E-state index in [-0.39, 0.29) is 6.61 Å². The second-order valence-corrected chi connectivity index (χ2v) is 5.51. The normalized spacial score (nSPS) is 14.2. The van der Waals surface area contributed by atoms with Crippen LogP contribution in [0.25, 0.3) is 0 Å². The number of hydrogen-bond donors (Lipinski definition) is 1. The van der Waals surface area contributed by atoms with Crippen LogP contribution in [-0.4, -0.2) is 29.8 Å². The van der Waals surface area contributed by atoms with Crippen molar-refractivity contribution in [2.45, 2.75) is 33.0 Å². The first kappa shape index (κ1) is 16.2. The van der Waals surface area contributed by atoms with Gasteiger partial charge in [-0.15, -0.1) is 0 Å². The summed E-state index contributed by atoms with van der Waals surface area (Å²) in [4.78, 5) is 23.9. The molecular weight excluding hydrogens is 260 g/mol. The Hall–Kier alpha value is -1.88. The van der Waals surface area contributed by atoms with Gasteiger partial charge in [-0.1, -0.05) is 51.1 Å². The summed E-state index contributed by atoms with van der Waals surface area (Å²) < 4.78 is 9.58. The summed E-state index contributed by atoms with van der Waals surface area (Å²) in [5.41, 5.74) is -2.62. The van der Waals surface area contributed by atoms with Crippen molar-refractivity contribution in [1.82, 2.24) is 0 Å². The van der Waals surface area contributed by atoms with E-state index in [1.807, 2.05) is 6.07 Å². The molecule has 0 radical (unpaired) electrons. The molecule has 20 heavy (non-hydrogen) atoms. The molecule has 1 aromatic carbocycles. The molecule has 1 N–H and O–H groups in total. The van der Waals surface area contributed by atoms with Crippen LogP contribution in [-0.2, 0) is 25.7 Å². The van der Waals surface area contributed by atoms with E-state index in [9.17, 15) is 14.7 Å². The van der Waals surface area contributed by atoms with E-state index in [0.29, 0.717) is 0 Å². The van der Waals surface area contributed by atoms with Gasteiger partial charge in [-0.25, -0.2) is 9.59 Å². The van der Waals surface area contributed by atoms with Gasteiger partial charge < -0.3 is 14.6 Å². The molecular formula is C15H20O5. The Bertz CT molecular complexity index is 475. The molecule has 0 saturated heterocycles. The first-order valence-corrected chi connectivity index (χ1v) is 6.25. The average Bonchev–Trinajstić information content (AvgIpc) is 2.42. The van der Waals surface area contributed by atoms with Crippen molar-refractivity contribution in [1.29, 1.82) is 0 Å². The summed E-state index contributed by atoms with van der Waals surface area (Å²) in [5.74, 6) is -2.04. The maximum atomic E-state index is 12.1. The van der Waals surface area contributed by atoms with E-state index in [1.54, 1.807) is 45.0 Å². The first-order chi connectivity index (χ1) is 9.23. The molecule has 5 nitrogen and oxygen atoms in total. The Kier molecular flexibility index (Phi) is 4.89. The Morgan fingerprint density at radius 1 is 1.10 bits per heavy atom. The molecule has 0 aliphatic heterocycles. The summed E-state index contributed by atoms with van der Waals surface area (Å²) in [6.07, 6.45) is 0. The summed E-state index contributed by atoms with van der Waals surface area (Å²) in [7, 11) is 1.11. The number of rotatable bonds is 4. The van der Waals surface area contributed by atoms with Gasteiger partial charge in [-0.2, -0.15) is 0 Å². The Labute approximate surface area is 118 Å². The number of carbonyl (C=O) groups is 2. The number of aliphatic hydroxyl groups is 1. The minimum absolute atomic E-state index is 0.0188. The van der Waals surface area contributed by atoms with Gasteiger partial charge in [-0.05, 0) is 5.56 Å². The lowest BCUT2D eigenvalue weighted by Crippen LogP contribution is -2.57. The zero-order chi connectivity index (χ0) is 15.4. The molecule has 1 atom stereocenters. The van der Waals surface area contributed by atoms with E-state index in [4.69, 9.17) is 4.74 Å². The molecule has 110 valence electrons. The van der Waals surface area contributed by atoms with Crippen LogP contribution < -0.4 is 0 Å². The molecule has 1 aromatic rings. The summed E-state index contributed by atoms with van der Waals surface area (Å²) in [6, 6.07) is 9.01. The van der Waals surface area contributed by atoms with Gasteiger partial charge in [0.25, 0.3) is 5.60 Å². The van der Waals surface area contributed by atoms with Gasteiger partial charge in [0.2, 0.25) is 0 Å². The predicted octanol–water partition coefficient (Wildman–Crippen LogP) is 1.68. The van der Waals surface area contributed by atoms with Gasteiger partial charge in [0.1, 0.15) is 6.61 Å². The van der Waals surface area contributed by atoms with Crippen molar-refractivity contribution in [3.8, 4) is 0 Å². The van der Waals surface area contributed by atoms with Gasteiger partial charge in [-0.3, -0.25) is 0 Å². The summed E-state index contributed by atoms with van der Waals surface area (Å²) in [5, 5.41) is 10.4. The highest BCUT2D eigenvalue weighted by molar-refractivity contribution is 6.04. The monoisotopic (exact) mass is 280 g/mol. The Morgan fingerprint density at radius 3 is 2.10 bits per heavy atom. The minimum atomic E-state index is -2.34. The van der Waals surface area contributed by atoms with Gasteiger partial charge >= 0.3 is 11.9 Å². The smallest absolute Gasteiger partial charge is 0.350 e. The lowest BCUT2D eigenvalue weighted by molar-refractivity contribution is -0.196. The second kappa shape index (κ2) is 6.05. The number of hydrogen-bond acceptors (Lipinski definition) is 5. The molecule has 0 aromatic heterocycles. The fourth-order valence-corrected chi connectivity index (χ4v) is 1.67. The SMILES string of the molecule is COC(=O)C(O)(C(=O)OCc1ccccc1)C(C)(C)C. The third kappa shape index (κ3) is 3.17. The Morgan fingerprint density at radius 2 is 1.65 bits per heavy atom. The van der Waals surface area contributed by atoms with Crippen LogP contribution in [0.4, 0.5) is 0 Å². The van der Waals surface area contributed by atoms with Crippen LogP contribution >= 0.6 is 0 Å². The predicted molar refractivity (Wildman–Crippen MR) is 72.7 cm³/mol. The number of ether oxygens (including phenoxy) is 2. The minimum Gasteiger partial charge on any atom is -0.466 e. The third-order valence-corrected chi connectivity index (χ3v) is 3.07. The standard InChI is InChI=1S/C15H20O5/c1-14(2,3)15(18,12(16)19-4)13(17)20-10-11-8-6-5-7-9-11/h5-9,18H,10H2,1-4H3. The molecule has 0 aliphatic rings. The van der Waals surface area contributed by atoms with Crippen molar-refractivity contribution in [2.24, 2.45) is 5.41 Å². The highest BCUT2D eigenvalue weighted by Crippen LogP contribution is 2.33. The highest BCUT2D eigenvalue weighted by atomic mass is 16.6. The number of carbonyl (C=O) groups excluding carboxylic acids is 2. The highest BCUT2D eigenvalue weighted by Gasteiger charge is 2.56. The van der Waals surface area contributed by atoms with E-state index >= 15 is 0 Å². The van der Waals surface area contributed by atoms with Crippen LogP contribution in [0.3, 0.4) is 0 Å². The number of esters is 2. The Balaban J connectivity index is 2.88. The van der Waals surface area contributed by atoms with Crippen LogP contribution in [0.5, 0.6) is 0 Å². The lowest BCUT2D eigenvalue weighted by atomic mass is 9.76. The molecule has 0 heterocycles. The van der Waals surface area contributed by atoms with E-state index in [0.717, 1.165) is 12.7 Å². The van der Waals surface area contributed by atoms with Crippen LogP contribution in [0.1, 0.15) is 26.3 Å². The van der Waals surface area contributed by atoms with Gasteiger partial charge in [0, 0.05) is 5.41 Å². The van der Waals surface area contributed by atoms with Crippen molar-refractivity contribution >= 4 is 11.9 Å². The van der Waals surface area contributed by atoms with Crippen molar-refractivity contribution in [3.05, 3.63) is 35.9 Å². The molecule has 0 amide bonds. The molecule has 0 bridgehead atoms. The van der Waals surface area contributed by atoms with Gasteiger partial charge in [0.15, 0.2) is 0 Å². The maximum absolute atomic E-state index is 12.1. The first-order valence-electron chi connectivity index (χ1n) is 6.25. The van der Waals surface area contributed by atoms with Crippen molar-refractivity contribution < 1.29 is 24.2 Å². The molecule has 0 spiro atoms. The fourth-order valence-electron chi connectivity index (χ4n) is 1.67. The molecule has 0 saturated carbocycles. The van der Waals surface area contributed by atoms with Gasteiger partial charge in [0.05, 0.1) is 7.11 Å². The third-order valence-electron chi connectivity index (χ3n) is 3.07. The largest absolute Gasteiger partial charge is 0.466 e. The zero-order valence-corrected chi connectivity index (χ0v) is 12.2. The lowest BCUT2D eigenvalue weighted by Gasteiger charge is -2.34. The average molecular weight is 280 g/mol. The zero-order valence-electron chi connectivity index (χ0n) is 12.2. The number of benzene rings is 1. The van der Waals surface area contributed by atoms with Crippen molar-refractivity contribution in [3.63, 3.8) is 0 Å². The van der Waals surface area contributed by atoms with Crippen LogP contribution in [0, 0.1) is 5.41 Å². The topological polar surface area (TPSA) is 72.8 Å².